The van der Waals surface area contributed by atoms with E-state index in [4.69, 9.17) is 0 Å². The van der Waals surface area contributed by atoms with E-state index in [0.29, 0.717) is 0 Å². The summed E-state index contributed by atoms with van der Waals surface area (Å²) in [5, 5.41) is 18.9. The molecule has 1 aromatic heterocycles. The Morgan fingerprint density at radius 2 is 1.79 bits per heavy atom. The van der Waals surface area contributed by atoms with Crippen molar-refractivity contribution in [1.29, 1.82) is 0 Å². The molecular weight excluding hydrogens is 236 g/mol. The highest BCUT2D eigenvalue weighted by atomic mass is 16.3. The van der Waals surface area contributed by atoms with E-state index < -0.39 is 6.10 Å². The summed E-state index contributed by atoms with van der Waals surface area (Å²) in [6, 6.07) is 8.03. The molecule has 0 aliphatic rings. The third-order valence-electron chi connectivity index (χ3n) is 3.38. The van der Waals surface area contributed by atoms with Crippen LogP contribution in [0.1, 0.15) is 46.7 Å². The van der Waals surface area contributed by atoms with Crippen molar-refractivity contribution in [2.75, 3.05) is 0 Å². The lowest BCUT2D eigenvalue weighted by Crippen LogP contribution is -2.09. The van der Waals surface area contributed by atoms with E-state index in [1.54, 1.807) is 0 Å². The van der Waals surface area contributed by atoms with E-state index in [1.165, 1.54) is 5.56 Å². The molecule has 19 heavy (non-hydrogen) atoms. The lowest BCUT2D eigenvalue weighted by atomic mass is 9.94. The number of hydrogen-bond acceptors (Lipinski definition) is 3. The molecule has 1 atom stereocenters. The molecule has 0 amide bonds. The Kier molecular flexibility index (Phi) is 3.96. The molecule has 1 aromatic carbocycles. The topological polar surface area (TPSA) is 46.0 Å². The van der Waals surface area contributed by atoms with Gasteiger partial charge in [-0.25, -0.2) is 0 Å². The highest BCUT2D eigenvalue weighted by Crippen LogP contribution is 2.27. The summed E-state index contributed by atoms with van der Waals surface area (Å²) in [6.45, 7) is 8.00. The molecule has 0 spiro atoms. The van der Waals surface area contributed by atoms with Crippen molar-refractivity contribution >= 4 is 0 Å². The number of nitrogens with zero attached hydrogens (tertiary/aromatic N) is 2. The molecule has 0 fully saturated rings. The Balaban J connectivity index is 2.49. The van der Waals surface area contributed by atoms with Gasteiger partial charge in [-0.15, -0.1) is 0 Å². The van der Waals surface area contributed by atoms with Crippen LogP contribution in [0.2, 0.25) is 0 Å². The molecule has 1 unspecified atom stereocenters. The molecule has 0 saturated carbocycles. The molecule has 3 heteroatoms. The van der Waals surface area contributed by atoms with Gasteiger partial charge in [-0.05, 0) is 44.4 Å². The monoisotopic (exact) mass is 256 g/mol. The average molecular weight is 256 g/mol. The number of benzene rings is 1. The summed E-state index contributed by atoms with van der Waals surface area (Å²) < 4.78 is 0. The Morgan fingerprint density at radius 3 is 2.42 bits per heavy atom. The van der Waals surface area contributed by atoms with Crippen LogP contribution in [0.25, 0.3) is 0 Å². The van der Waals surface area contributed by atoms with E-state index in [9.17, 15) is 5.11 Å². The van der Waals surface area contributed by atoms with Gasteiger partial charge in [0.05, 0.1) is 11.4 Å². The molecule has 0 aliphatic carbocycles. The number of aryl methyl sites for hydroxylation is 4. The second-order valence-corrected chi connectivity index (χ2v) is 5.00. The van der Waals surface area contributed by atoms with Crippen molar-refractivity contribution in [3.05, 3.63) is 57.9 Å². The zero-order chi connectivity index (χ0) is 14.0. The van der Waals surface area contributed by atoms with E-state index in [1.807, 2.05) is 39.0 Å². The van der Waals surface area contributed by atoms with Crippen LogP contribution in [0.15, 0.2) is 24.3 Å². The van der Waals surface area contributed by atoms with E-state index in [-0.39, 0.29) is 0 Å². The van der Waals surface area contributed by atoms with Crippen molar-refractivity contribution < 1.29 is 5.11 Å². The smallest absolute Gasteiger partial charge is 0.106 e. The highest BCUT2D eigenvalue weighted by Gasteiger charge is 2.17. The van der Waals surface area contributed by atoms with Gasteiger partial charge in [0.15, 0.2) is 0 Å². The number of rotatable bonds is 3. The third-order valence-corrected chi connectivity index (χ3v) is 3.38. The molecular formula is C16H20N2O. The van der Waals surface area contributed by atoms with Gasteiger partial charge in [0.2, 0.25) is 0 Å². The molecule has 100 valence electrons. The molecule has 0 radical (unpaired) electrons. The average Bonchev–Trinajstić information content (AvgIpc) is 2.38. The van der Waals surface area contributed by atoms with Crippen molar-refractivity contribution in [1.82, 2.24) is 10.2 Å². The Hall–Kier alpha value is -1.74. The molecule has 1 N–H and O–H groups in total. The first kappa shape index (κ1) is 13.7. The predicted molar refractivity (Wildman–Crippen MR) is 76.1 cm³/mol. The van der Waals surface area contributed by atoms with Gasteiger partial charge < -0.3 is 5.11 Å². The van der Waals surface area contributed by atoms with E-state index in [0.717, 1.165) is 34.5 Å². The molecule has 2 aromatic rings. The van der Waals surface area contributed by atoms with Crippen LogP contribution in [-0.2, 0) is 6.42 Å². The second-order valence-electron chi connectivity index (χ2n) is 5.00. The maximum atomic E-state index is 10.6. The predicted octanol–water partition coefficient (Wildman–Crippen LogP) is 3.05. The second kappa shape index (κ2) is 5.49. The van der Waals surface area contributed by atoms with Crippen LogP contribution in [0.5, 0.6) is 0 Å². The fourth-order valence-electron chi connectivity index (χ4n) is 2.35. The Labute approximate surface area is 114 Å². The van der Waals surface area contributed by atoms with Crippen LogP contribution in [0.4, 0.5) is 0 Å². The van der Waals surface area contributed by atoms with Crippen molar-refractivity contribution in [2.45, 2.75) is 40.2 Å². The Bertz CT molecular complexity index is 593. The summed E-state index contributed by atoms with van der Waals surface area (Å²) in [5.74, 6) is 0. The largest absolute Gasteiger partial charge is 0.384 e. The standard InChI is InChI=1S/C16H20N2O/c1-5-15-14(9-12(4)17-18-15)16(19)13-7-6-10(2)8-11(13)3/h6-9,16,19H,5H2,1-4H3. The number of aliphatic hydroxyl groups is 1. The summed E-state index contributed by atoms with van der Waals surface area (Å²) in [5.41, 5.74) is 5.79. The minimum atomic E-state index is -0.634. The summed E-state index contributed by atoms with van der Waals surface area (Å²) >= 11 is 0. The zero-order valence-corrected chi connectivity index (χ0v) is 11.9. The van der Waals surface area contributed by atoms with Crippen LogP contribution in [-0.4, -0.2) is 15.3 Å². The van der Waals surface area contributed by atoms with Gasteiger partial charge in [0.1, 0.15) is 6.10 Å². The first-order chi connectivity index (χ1) is 9.02. The van der Waals surface area contributed by atoms with Crippen molar-refractivity contribution in [2.24, 2.45) is 0 Å². The number of aliphatic hydroxyl groups excluding tert-OH is 1. The quantitative estimate of drug-likeness (QED) is 0.918. The molecule has 3 nitrogen and oxygen atoms in total. The third kappa shape index (κ3) is 2.82. The fraction of sp³-hybridized carbons (Fsp3) is 0.375. The lowest BCUT2D eigenvalue weighted by Gasteiger charge is -2.17. The number of hydrogen-bond donors (Lipinski definition) is 1. The van der Waals surface area contributed by atoms with Crippen LogP contribution < -0.4 is 0 Å². The van der Waals surface area contributed by atoms with Gasteiger partial charge in [-0.1, -0.05) is 30.7 Å². The first-order valence-electron chi connectivity index (χ1n) is 6.61. The normalized spacial score (nSPS) is 12.5. The highest BCUT2D eigenvalue weighted by molar-refractivity contribution is 5.39. The first-order valence-corrected chi connectivity index (χ1v) is 6.61. The molecule has 0 saturated heterocycles. The van der Waals surface area contributed by atoms with Crippen molar-refractivity contribution in [3.8, 4) is 0 Å². The van der Waals surface area contributed by atoms with Gasteiger partial charge in [-0.2, -0.15) is 10.2 Å². The van der Waals surface area contributed by atoms with E-state index >= 15 is 0 Å². The number of aromatic nitrogens is 2. The van der Waals surface area contributed by atoms with E-state index in [2.05, 4.69) is 23.2 Å². The molecule has 2 rings (SSSR count). The van der Waals surface area contributed by atoms with Gasteiger partial charge in [0.25, 0.3) is 0 Å². The van der Waals surface area contributed by atoms with Crippen LogP contribution >= 0.6 is 0 Å². The van der Waals surface area contributed by atoms with Gasteiger partial charge in [0, 0.05) is 5.56 Å². The summed E-state index contributed by atoms with van der Waals surface area (Å²) in [7, 11) is 0. The Morgan fingerprint density at radius 1 is 1.05 bits per heavy atom. The minimum Gasteiger partial charge on any atom is -0.384 e. The van der Waals surface area contributed by atoms with Crippen molar-refractivity contribution in [3.63, 3.8) is 0 Å². The SMILES string of the molecule is CCc1nnc(C)cc1C(O)c1ccc(C)cc1C. The summed E-state index contributed by atoms with van der Waals surface area (Å²) in [4.78, 5) is 0. The maximum absolute atomic E-state index is 10.6. The van der Waals surface area contributed by atoms with Gasteiger partial charge in [-0.3, -0.25) is 0 Å². The zero-order valence-electron chi connectivity index (χ0n) is 11.9. The minimum absolute atomic E-state index is 0.634. The lowest BCUT2D eigenvalue weighted by molar-refractivity contribution is 0.217. The maximum Gasteiger partial charge on any atom is 0.106 e. The van der Waals surface area contributed by atoms with Crippen LogP contribution in [0.3, 0.4) is 0 Å². The fourth-order valence-corrected chi connectivity index (χ4v) is 2.35. The van der Waals surface area contributed by atoms with Gasteiger partial charge >= 0.3 is 0 Å². The molecule has 1 heterocycles. The van der Waals surface area contributed by atoms with Crippen LogP contribution in [0, 0.1) is 20.8 Å². The molecule has 0 aliphatic heterocycles. The summed E-state index contributed by atoms with van der Waals surface area (Å²) in [6.07, 6.45) is 0.134. The molecule has 0 bridgehead atoms.